The van der Waals surface area contributed by atoms with Gasteiger partial charge in [-0.05, 0) is 12.1 Å². The van der Waals surface area contributed by atoms with Crippen molar-refractivity contribution in [3.63, 3.8) is 0 Å². The lowest BCUT2D eigenvalue weighted by molar-refractivity contribution is -0.133. The van der Waals surface area contributed by atoms with Crippen LogP contribution in [-0.4, -0.2) is 59.6 Å². The molecule has 1 unspecified atom stereocenters. The Bertz CT molecular complexity index is 974. The van der Waals surface area contributed by atoms with Gasteiger partial charge < -0.3 is 15.2 Å². The number of halogens is 2. The van der Waals surface area contributed by atoms with Crippen LogP contribution in [0.5, 0.6) is 0 Å². The Kier molecular flexibility index (Phi) is 5.91. The summed E-state index contributed by atoms with van der Waals surface area (Å²) in [5.41, 5.74) is 1.04. The molecule has 2 N–H and O–H groups in total. The predicted molar refractivity (Wildman–Crippen MR) is 108 cm³/mol. The number of benzene rings is 1. The lowest BCUT2D eigenvalue weighted by atomic mass is 9.95. The van der Waals surface area contributed by atoms with E-state index in [0.717, 1.165) is 0 Å². The number of rotatable bonds is 5. The van der Waals surface area contributed by atoms with Gasteiger partial charge in [0.2, 0.25) is 0 Å². The fourth-order valence-corrected chi connectivity index (χ4v) is 4.21. The highest BCUT2D eigenvalue weighted by Crippen LogP contribution is 2.36. The van der Waals surface area contributed by atoms with Crippen molar-refractivity contribution in [3.8, 4) is 0 Å². The van der Waals surface area contributed by atoms with Gasteiger partial charge in [0.1, 0.15) is 11.9 Å². The van der Waals surface area contributed by atoms with Crippen LogP contribution in [0.4, 0.5) is 4.39 Å². The third kappa shape index (κ3) is 4.32. The standard InChI is InChI=1S/C19H18ClFN4O3S/c20-13-9-11(21)1-2-12(13)16-15(19(26)27)14(10-25-4-6-28-7-5-25)23-17(24-16)18-22-3-8-29-18/h1-3,8-9,16H,4-7,10H2,(H,23,24)(H,26,27). The van der Waals surface area contributed by atoms with Gasteiger partial charge in [-0.2, -0.15) is 0 Å². The third-order valence-corrected chi connectivity index (χ3v) is 5.84. The molecule has 10 heteroatoms. The number of hydrogen-bond acceptors (Lipinski definition) is 7. The number of morpholine rings is 1. The molecule has 0 saturated carbocycles. The summed E-state index contributed by atoms with van der Waals surface area (Å²) in [6.07, 6.45) is 1.65. The summed E-state index contributed by atoms with van der Waals surface area (Å²) < 4.78 is 18.9. The van der Waals surface area contributed by atoms with Crippen LogP contribution in [0.2, 0.25) is 5.02 Å². The highest BCUT2D eigenvalue weighted by atomic mass is 35.5. The molecule has 0 radical (unpaired) electrons. The van der Waals surface area contributed by atoms with Crippen molar-refractivity contribution in [1.82, 2.24) is 15.2 Å². The molecule has 1 fully saturated rings. The second-order valence-corrected chi connectivity index (χ2v) is 7.90. The van der Waals surface area contributed by atoms with Gasteiger partial charge in [0.05, 0.1) is 18.8 Å². The Morgan fingerprint density at radius 3 is 2.86 bits per heavy atom. The molecular formula is C19H18ClFN4O3S. The van der Waals surface area contributed by atoms with Crippen LogP contribution in [0.1, 0.15) is 16.6 Å². The van der Waals surface area contributed by atoms with E-state index >= 15 is 0 Å². The van der Waals surface area contributed by atoms with E-state index in [1.165, 1.54) is 29.5 Å². The number of thiazole rings is 1. The molecule has 2 aliphatic heterocycles. The first kappa shape index (κ1) is 20.0. The van der Waals surface area contributed by atoms with Crippen molar-refractivity contribution in [3.05, 3.63) is 62.5 Å². The number of hydrogen-bond donors (Lipinski definition) is 2. The largest absolute Gasteiger partial charge is 0.478 e. The van der Waals surface area contributed by atoms with Crippen LogP contribution in [0.3, 0.4) is 0 Å². The van der Waals surface area contributed by atoms with E-state index in [9.17, 15) is 14.3 Å². The zero-order valence-electron chi connectivity index (χ0n) is 15.3. The molecule has 7 nitrogen and oxygen atoms in total. The molecule has 1 aromatic heterocycles. The Balaban J connectivity index is 1.79. The van der Waals surface area contributed by atoms with Crippen LogP contribution in [0.25, 0.3) is 0 Å². The summed E-state index contributed by atoms with van der Waals surface area (Å²) in [5, 5.41) is 15.7. The minimum absolute atomic E-state index is 0.0882. The summed E-state index contributed by atoms with van der Waals surface area (Å²) in [6, 6.07) is 3.02. The summed E-state index contributed by atoms with van der Waals surface area (Å²) in [7, 11) is 0. The van der Waals surface area contributed by atoms with E-state index in [4.69, 9.17) is 16.3 Å². The summed E-state index contributed by atoms with van der Waals surface area (Å²) >= 11 is 7.65. The van der Waals surface area contributed by atoms with Crippen LogP contribution in [-0.2, 0) is 9.53 Å². The number of amidine groups is 1. The van der Waals surface area contributed by atoms with E-state index in [1.807, 2.05) is 5.38 Å². The lowest BCUT2D eigenvalue weighted by Crippen LogP contribution is -2.43. The van der Waals surface area contributed by atoms with Crippen molar-refractivity contribution < 1.29 is 19.0 Å². The Labute approximate surface area is 175 Å². The smallest absolute Gasteiger partial charge is 0.335 e. The summed E-state index contributed by atoms with van der Waals surface area (Å²) in [6.45, 7) is 2.98. The fourth-order valence-electron chi connectivity index (χ4n) is 3.35. The SMILES string of the molecule is O=C(O)C1=C(CN2CCOCC2)NC(c2nccs2)=NC1c1ccc(F)cc1Cl. The number of aromatic nitrogens is 1. The van der Waals surface area contributed by atoms with E-state index in [2.05, 4.69) is 20.2 Å². The quantitative estimate of drug-likeness (QED) is 0.749. The van der Waals surface area contributed by atoms with Gasteiger partial charge in [0.15, 0.2) is 10.8 Å². The van der Waals surface area contributed by atoms with Gasteiger partial charge in [0.25, 0.3) is 0 Å². The van der Waals surface area contributed by atoms with Gasteiger partial charge in [-0.3, -0.25) is 9.89 Å². The average Bonchev–Trinajstić information content (AvgIpc) is 3.23. The average molecular weight is 437 g/mol. The molecule has 29 heavy (non-hydrogen) atoms. The van der Waals surface area contributed by atoms with Crippen molar-refractivity contribution >= 4 is 34.7 Å². The molecular weight excluding hydrogens is 419 g/mol. The summed E-state index contributed by atoms with van der Waals surface area (Å²) in [4.78, 5) is 23.2. The normalized spacial score (nSPS) is 20.3. The van der Waals surface area contributed by atoms with Gasteiger partial charge >= 0.3 is 5.97 Å². The first-order valence-electron chi connectivity index (χ1n) is 8.99. The third-order valence-electron chi connectivity index (χ3n) is 4.73. The number of ether oxygens (including phenoxy) is 1. The maximum Gasteiger partial charge on any atom is 0.335 e. The van der Waals surface area contributed by atoms with E-state index in [-0.39, 0.29) is 10.6 Å². The van der Waals surface area contributed by atoms with Gasteiger partial charge in [-0.1, -0.05) is 17.7 Å². The minimum Gasteiger partial charge on any atom is -0.478 e. The number of nitrogens with one attached hydrogen (secondary N) is 1. The molecule has 0 amide bonds. The van der Waals surface area contributed by atoms with Gasteiger partial charge in [-0.15, -0.1) is 11.3 Å². The van der Waals surface area contributed by atoms with Crippen LogP contribution < -0.4 is 5.32 Å². The molecule has 2 aromatic rings. The van der Waals surface area contributed by atoms with E-state index < -0.39 is 17.8 Å². The molecule has 0 spiro atoms. The molecule has 4 rings (SSSR count). The Morgan fingerprint density at radius 2 is 2.21 bits per heavy atom. The van der Waals surface area contributed by atoms with Crippen LogP contribution in [0.15, 0.2) is 46.0 Å². The number of carbonyl (C=O) groups is 1. The molecule has 0 aliphatic carbocycles. The monoisotopic (exact) mass is 436 g/mol. The number of carboxylic acid groups (broad SMARTS) is 1. The van der Waals surface area contributed by atoms with Crippen molar-refractivity contribution in [2.24, 2.45) is 4.99 Å². The first-order chi connectivity index (χ1) is 14.0. The maximum absolute atomic E-state index is 13.6. The summed E-state index contributed by atoms with van der Waals surface area (Å²) in [5.74, 6) is -1.13. The number of aliphatic carboxylic acids is 1. The van der Waals surface area contributed by atoms with Crippen LogP contribution in [0, 0.1) is 5.82 Å². The molecule has 1 saturated heterocycles. The van der Waals surface area contributed by atoms with Crippen LogP contribution >= 0.6 is 22.9 Å². The molecule has 1 aromatic carbocycles. The highest BCUT2D eigenvalue weighted by molar-refractivity contribution is 7.11. The molecule has 0 bridgehead atoms. The minimum atomic E-state index is -1.10. The van der Waals surface area contributed by atoms with Crippen molar-refractivity contribution in [1.29, 1.82) is 0 Å². The van der Waals surface area contributed by atoms with E-state index in [1.54, 1.807) is 6.20 Å². The second-order valence-electron chi connectivity index (χ2n) is 6.59. The zero-order valence-corrected chi connectivity index (χ0v) is 16.8. The highest BCUT2D eigenvalue weighted by Gasteiger charge is 2.33. The molecule has 152 valence electrons. The first-order valence-corrected chi connectivity index (χ1v) is 10.2. The zero-order chi connectivity index (χ0) is 20.4. The lowest BCUT2D eigenvalue weighted by Gasteiger charge is -2.32. The fraction of sp³-hybridized carbons (Fsp3) is 0.316. The molecule has 1 atom stereocenters. The second kappa shape index (κ2) is 8.58. The molecule has 3 heterocycles. The van der Waals surface area contributed by atoms with Crippen molar-refractivity contribution in [2.45, 2.75) is 6.04 Å². The topological polar surface area (TPSA) is 87.0 Å². The number of carboxylic acids is 1. The number of nitrogens with zero attached hydrogens (tertiary/aromatic N) is 3. The maximum atomic E-state index is 13.6. The van der Waals surface area contributed by atoms with Gasteiger partial charge in [-0.25, -0.2) is 14.2 Å². The predicted octanol–water partition coefficient (Wildman–Crippen LogP) is 2.70. The Morgan fingerprint density at radius 1 is 1.41 bits per heavy atom. The number of aliphatic imine (C=N–C) groups is 1. The van der Waals surface area contributed by atoms with E-state index in [0.29, 0.717) is 55.0 Å². The molecule has 2 aliphatic rings. The van der Waals surface area contributed by atoms with Crippen molar-refractivity contribution in [2.75, 3.05) is 32.8 Å². The Hall–Kier alpha value is -2.33. The van der Waals surface area contributed by atoms with Gasteiger partial charge in [0, 0.05) is 47.5 Å².